The van der Waals surface area contributed by atoms with Gasteiger partial charge in [-0.15, -0.1) is 0 Å². The van der Waals surface area contributed by atoms with E-state index in [1.54, 1.807) is 0 Å². The highest BCUT2D eigenvalue weighted by atomic mass is 16.3. The standard InChI is InChI=1S/2C70H45N3O/c1-3-16-50(17-4-1)72-65-28-13-10-23-59(65)63-44-48(35-42-67(63)72)46-30-36-52(37-31-46)71(53-38-32-47(33-39-53)55-25-15-26-62-61-24-11-14-29-69(61)74-70(55)62)66-43-41-54(56-20-7-8-21-57(56)66)49-34-40-60-58-22-9-12-27-64(58)73(68(60)45-49)51-18-5-2-6-19-51;1-3-16-50(17-4-1)72-65-28-13-10-23-59(65)63-44-49(35-42-67(63)72)54-41-43-66(57-21-8-7-20-56(54)57)71(53-38-32-47(33-39-53)55-25-15-26-62-61-24-11-14-29-69(61)74-70(55)62)52-36-30-46(31-37-52)48-34-40-60-58-22-9-12-27-64(58)73(68(60)45-48)51-18-5-2-6-19-51/h2*1-45H. The van der Waals surface area contributed by atoms with Crippen molar-refractivity contribution in [2.24, 2.45) is 0 Å². The van der Waals surface area contributed by atoms with Gasteiger partial charge < -0.3 is 36.9 Å². The van der Waals surface area contributed by atoms with Crippen molar-refractivity contribution in [3.63, 3.8) is 0 Å². The molecule has 0 aliphatic heterocycles. The molecular weight excluding hydrogens is 1800 g/mol. The zero-order valence-electron chi connectivity index (χ0n) is 80.5. The van der Waals surface area contributed by atoms with Crippen molar-refractivity contribution in [2.75, 3.05) is 9.80 Å². The third-order valence-electron chi connectivity index (χ3n) is 30.3. The molecule has 0 aliphatic rings. The molecule has 0 aliphatic carbocycles. The Hall–Kier alpha value is -19.8. The number of nitrogens with zero attached hydrogens (tertiary/aromatic N) is 6. The van der Waals surface area contributed by atoms with E-state index in [1.165, 1.54) is 131 Å². The lowest BCUT2D eigenvalue weighted by molar-refractivity contribution is 0.669. The second-order valence-corrected chi connectivity index (χ2v) is 38.5. The zero-order chi connectivity index (χ0) is 97.4. The Morgan fingerprint density at radius 3 is 0.784 bits per heavy atom. The molecule has 0 N–H and O–H groups in total. The van der Waals surface area contributed by atoms with Gasteiger partial charge in [-0.25, -0.2) is 0 Å². The van der Waals surface area contributed by atoms with E-state index in [0.717, 1.165) is 145 Å². The fourth-order valence-electron chi connectivity index (χ4n) is 23.5. The number of anilines is 6. The third-order valence-corrected chi connectivity index (χ3v) is 30.3. The summed E-state index contributed by atoms with van der Waals surface area (Å²) in [5.74, 6) is 0. The maximum atomic E-state index is 6.52. The van der Waals surface area contributed by atoms with E-state index in [2.05, 4.69) is 550 Å². The van der Waals surface area contributed by atoms with E-state index < -0.39 is 0 Å². The molecule has 0 amide bonds. The first kappa shape index (κ1) is 85.0. The van der Waals surface area contributed by atoms with Crippen molar-refractivity contribution in [1.82, 2.24) is 18.3 Å². The van der Waals surface area contributed by atoms with Gasteiger partial charge in [-0.05, 0) is 248 Å². The minimum Gasteiger partial charge on any atom is -0.455 e. The van der Waals surface area contributed by atoms with Gasteiger partial charge in [0, 0.05) is 132 Å². The number of hydrogen-bond donors (Lipinski definition) is 0. The molecule has 0 bridgehead atoms. The number of fused-ring (bicyclic) bond motifs is 20. The van der Waals surface area contributed by atoms with E-state index in [4.69, 9.17) is 8.83 Å². The lowest BCUT2D eigenvalue weighted by atomic mass is 9.95. The maximum Gasteiger partial charge on any atom is 0.143 e. The van der Waals surface area contributed by atoms with Gasteiger partial charge in [-0.2, -0.15) is 0 Å². The van der Waals surface area contributed by atoms with Crippen LogP contribution in [0.25, 0.3) is 242 Å². The van der Waals surface area contributed by atoms with Gasteiger partial charge in [-0.3, -0.25) is 0 Å². The summed E-state index contributed by atoms with van der Waals surface area (Å²) in [7, 11) is 0. The first-order valence-electron chi connectivity index (χ1n) is 50.6. The van der Waals surface area contributed by atoms with Crippen LogP contribution in [0.2, 0.25) is 0 Å². The molecule has 692 valence electrons. The van der Waals surface area contributed by atoms with Gasteiger partial charge in [0.2, 0.25) is 0 Å². The lowest BCUT2D eigenvalue weighted by Crippen LogP contribution is -2.10. The zero-order valence-corrected chi connectivity index (χ0v) is 80.5. The van der Waals surface area contributed by atoms with Crippen LogP contribution in [0.4, 0.5) is 34.1 Å². The van der Waals surface area contributed by atoms with E-state index in [-0.39, 0.29) is 0 Å². The van der Waals surface area contributed by atoms with Crippen LogP contribution in [-0.4, -0.2) is 18.3 Å². The average Bonchev–Trinajstić information content (AvgIpc) is 1.56. The number of furan rings is 2. The molecule has 0 saturated heterocycles. The Kier molecular flexibility index (Phi) is 20.2. The van der Waals surface area contributed by atoms with Crippen LogP contribution in [0.15, 0.2) is 555 Å². The van der Waals surface area contributed by atoms with Crippen molar-refractivity contribution >= 4 is 187 Å². The highest BCUT2D eigenvalue weighted by molar-refractivity contribution is 6.18. The fraction of sp³-hybridized carbons (Fsp3) is 0. The van der Waals surface area contributed by atoms with Gasteiger partial charge in [0.15, 0.2) is 0 Å². The predicted molar refractivity (Wildman–Crippen MR) is 622 cm³/mol. The number of aromatic nitrogens is 4. The van der Waals surface area contributed by atoms with Crippen LogP contribution in [0.1, 0.15) is 0 Å². The van der Waals surface area contributed by atoms with E-state index >= 15 is 0 Å². The highest BCUT2D eigenvalue weighted by Gasteiger charge is 2.27. The van der Waals surface area contributed by atoms with Crippen LogP contribution in [0.5, 0.6) is 0 Å². The molecular formula is C140H90N6O2. The minimum absolute atomic E-state index is 0.897. The number of benzene rings is 24. The Bertz CT molecular complexity index is 10300. The molecule has 8 heteroatoms. The van der Waals surface area contributed by atoms with Crippen LogP contribution < -0.4 is 9.80 Å². The molecule has 6 aromatic heterocycles. The van der Waals surface area contributed by atoms with E-state index in [0.29, 0.717) is 0 Å². The first-order valence-corrected chi connectivity index (χ1v) is 50.6. The largest absolute Gasteiger partial charge is 0.455 e. The van der Waals surface area contributed by atoms with Gasteiger partial charge in [0.25, 0.3) is 0 Å². The molecule has 0 atom stereocenters. The smallest absolute Gasteiger partial charge is 0.143 e. The van der Waals surface area contributed by atoms with Crippen LogP contribution >= 0.6 is 0 Å². The monoisotopic (exact) mass is 1890 g/mol. The summed E-state index contributed by atoms with van der Waals surface area (Å²) >= 11 is 0. The normalized spacial score (nSPS) is 11.8. The molecule has 8 nitrogen and oxygen atoms in total. The maximum absolute atomic E-state index is 6.52. The lowest BCUT2D eigenvalue weighted by Gasteiger charge is -2.28. The summed E-state index contributed by atoms with van der Waals surface area (Å²) in [6.07, 6.45) is 0. The Labute approximate surface area is 853 Å². The van der Waals surface area contributed by atoms with Crippen molar-refractivity contribution in [1.29, 1.82) is 0 Å². The van der Waals surface area contributed by atoms with Crippen LogP contribution in [0.3, 0.4) is 0 Å². The molecule has 6 heterocycles. The Morgan fingerprint density at radius 1 is 0.135 bits per heavy atom. The summed E-state index contributed by atoms with van der Waals surface area (Å²) in [4.78, 5) is 4.82. The number of hydrogen-bond acceptors (Lipinski definition) is 4. The molecule has 24 aromatic carbocycles. The van der Waals surface area contributed by atoms with Crippen molar-refractivity contribution in [3.8, 4) is 89.5 Å². The summed E-state index contributed by atoms with van der Waals surface area (Å²) in [6.45, 7) is 0. The minimum atomic E-state index is 0.897. The van der Waals surface area contributed by atoms with Crippen LogP contribution in [0, 0.1) is 0 Å². The average molecular weight is 1890 g/mol. The van der Waals surface area contributed by atoms with E-state index in [9.17, 15) is 0 Å². The first-order chi connectivity index (χ1) is 73.4. The van der Waals surface area contributed by atoms with Gasteiger partial charge in [-0.1, -0.05) is 364 Å². The Balaban J connectivity index is 0.000000140. The predicted octanol–water partition coefficient (Wildman–Crippen LogP) is 38.8. The van der Waals surface area contributed by atoms with E-state index in [1.807, 2.05) is 24.3 Å². The SMILES string of the molecule is c1ccc(-n2c3ccccc3c3cc(-c4ccc(N(c5ccc(-c6ccc7c8ccccc8n(-c8ccccc8)c7c6)cc5)c5ccc(-c6cccc7c6oc6ccccc67)cc5)c5ccccc45)ccc32)cc1.c1ccc(-n2c3ccccc3c3cc(-c4ccc(N(c5ccc(-c6cccc7c6oc6ccccc67)cc5)c5ccc(-c6ccc7c8ccccc8n(-c8ccccc8)c7c6)c6ccccc56)cc4)ccc32)cc1. The number of para-hydroxylation sites is 12. The molecule has 0 radical (unpaired) electrons. The summed E-state index contributed by atoms with van der Waals surface area (Å²) in [6, 6.07) is 198. The fourth-order valence-corrected chi connectivity index (χ4v) is 23.5. The quantitative estimate of drug-likeness (QED) is 0.0967. The molecule has 0 unspecified atom stereocenters. The van der Waals surface area contributed by atoms with Gasteiger partial charge in [0.1, 0.15) is 22.3 Å². The third kappa shape index (κ3) is 14.1. The molecule has 30 aromatic rings. The topological polar surface area (TPSA) is 52.5 Å². The number of rotatable bonds is 16. The summed E-state index contributed by atoms with van der Waals surface area (Å²) in [5.41, 5.74) is 37.9. The van der Waals surface area contributed by atoms with Crippen LogP contribution in [-0.2, 0) is 0 Å². The second-order valence-electron chi connectivity index (χ2n) is 38.5. The Morgan fingerprint density at radius 2 is 0.392 bits per heavy atom. The van der Waals surface area contributed by atoms with Gasteiger partial charge >= 0.3 is 0 Å². The second kappa shape index (κ2) is 35.1. The van der Waals surface area contributed by atoms with Crippen molar-refractivity contribution in [2.45, 2.75) is 0 Å². The summed E-state index contributed by atoms with van der Waals surface area (Å²) < 4.78 is 22.6. The molecule has 0 saturated carbocycles. The molecule has 30 rings (SSSR count). The highest BCUT2D eigenvalue weighted by Crippen LogP contribution is 2.51. The van der Waals surface area contributed by atoms with Gasteiger partial charge in [0.05, 0.1) is 55.5 Å². The van der Waals surface area contributed by atoms with Crippen molar-refractivity contribution in [3.05, 3.63) is 546 Å². The molecule has 0 fully saturated rings. The molecule has 148 heavy (non-hydrogen) atoms. The summed E-state index contributed by atoms with van der Waals surface area (Å²) in [5, 5.41) is 19.1. The molecule has 0 spiro atoms. The van der Waals surface area contributed by atoms with Crippen molar-refractivity contribution < 1.29 is 8.83 Å².